The Morgan fingerprint density at radius 1 is 1.26 bits per heavy atom. The van der Waals surface area contributed by atoms with Crippen LogP contribution in [0.25, 0.3) is 11.4 Å². The molecule has 0 bridgehead atoms. The summed E-state index contributed by atoms with van der Waals surface area (Å²) in [5.41, 5.74) is 0.545. The third-order valence-corrected chi connectivity index (χ3v) is 3.26. The summed E-state index contributed by atoms with van der Waals surface area (Å²) in [6.07, 6.45) is 0. The summed E-state index contributed by atoms with van der Waals surface area (Å²) in [5, 5.41) is 10.7. The monoisotopic (exact) mass is 282 g/mol. The lowest BCUT2D eigenvalue weighted by atomic mass is 10.1. The fourth-order valence-electron chi connectivity index (χ4n) is 1.74. The second-order valence-corrected chi connectivity index (χ2v) is 5.32. The lowest BCUT2D eigenvalue weighted by molar-refractivity contribution is 0.172. The number of nitrogens with zero attached hydrogens (tertiary/aromatic N) is 2. The summed E-state index contributed by atoms with van der Waals surface area (Å²) >= 11 is 0. The Labute approximate surface area is 108 Å². The maximum absolute atomic E-state index is 11.2. The van der Waals surface area contributed by atoms with Crippen LogP contribution >= 0.6 is 0 Å². The van der Waals surface area contributed by atoms with E-state index in [9.17, 15) is 8.42 Å². The van der Waals surface area contributed by atoms with Crippen LogP contribution in [0.4, 0.5) is 0 Å². The number of hydrogen-bond donors (Lipinski definition) is 2. The molecule has 8 nitrogen and oxygen atoms in total. The van der Waals surface area contributed by atoms with Crippen molar-refractivity contribution in [3.63, 3.8) is 0 Å². The topological polar surface area (TPSA) is 120 Å². The van der Waals surface area contributed by atoms with E-state index in [1.54, 1.807) is 18.2 Å². The molecule has 0 saturated heterocycles. The molecule has 1 aromatic carbocycles. The van der Waals surface area contributed by atoms with E-state index >= 15 is 0 Å². The lowest BCUT2D eigenvalue weighted by Gasteiger charge is -2.19. The van der Waals surface area contributed by atoms with Crippen molar-refractivity contribution in [2.24, 2.45) is 5.14 Å². The van der Waals surface area contributed by atoms with Gasteiger partial charge >= 0.3 is 0 Å². The number of H-pyrrole nitrogens is 1. The molecular weight excluding hydrogens is 272 g/mol. The van der Waals surface area contributed by atoms with Crippen LogP contribution in [0.5, 0.6) is 11.5 Å². The predicted octanol–water partition coefficient (Wildman–Crippen LogP) is -0.110. The molecule has 2 heterocycles. The Balaban J connectivity index is 2.10. The van der Waals surface area contributed by atoms with E-state index in [0.29, 0.717) is 30.3 Å². The quantitative estimate of drug-likeness (QED) is 0.793. The molecule has 19 heavy (non-hydrogen) atoms. The molecule has 2 aromatic rings. The number of para-hydroxylation sites is 1. The second-order valence-electron chi connectivity index (χ2n) is 3.84. The fourth-order valence-corrected chi connectivity index (χ4v) is 2.13. The van der Waals surface area contributed by atoms with E-state index in [4.69, 9.17) is 14.6 Å². The smallest absolute Gasteiger partial charge is 0.273 e. The summed E-state index contributed by atoms with van der Waals surface area (Å²) in [6.45, 7) is 0.878. The van der Waals surface area contributed by atoms with Gasteiger partial charge in [0.25, 0.3) is 15.2 Å². The molecule has 0 atom stereocenters. The SMILES string of the molecule is NS(=O)(=O)c1nc(-c2cccc3c2OCCO3)n[nH]1. The molecule has 1 aromatic heterocycles. The minimum Gasteiger partial charge on any atom is -0.486 e. The molecule has 100 valence electrons. The van der Waals surface area contributed by atoms with Gasteiger partial charge in [0.1, 0.15) is 13.2 Å². The van der Waals surface area contributed by atoms with Crippen LogP contribution in [0.3, 0.4) is 0 Å². The minimum atomic E-state index is -3.91. The number of hydrogen-bond acceptors (Lipinski definition) is 6. The van der Waals surface area contributed by atoms with Gasteiger partial charge in [0.2, 0.25) is 0 Å². The van der Waals surface area contributed by atoms with E-state index in [1.165, 1.54) is 0 Å². The van der Waals surface area contributed by atoms with Crippen LogP contribution < -0.4 is 14.6 Å². The van der Waals surface area contributed by atoms with Gasteiger partial charge in [-0.15, -0.1) is 0 Å². The number of rotatable bonds is 2. The van der Waals surface area contributed by atoms with E-state index in [0.717, 1.165) is 0 Å². The highest BCUT2D eigenvalue weighted by molar-refractivity contribution is 7.89. The van der Waals surface area contributed by atoms with Crippen LogP contribution in [0.1, 0.15) is 0 Å². The van der Waals surface area contributed by atoms with Crippen LogP contribution in [-0.2, 0) is 10.0 Å². The van der Waals surface area contributed by atoms with E-state index in [2.05, 4.69) is 15.2 Å². The molecular formula is C10H10N4O4S. The highest BCUT2D eigenvalue weighted by Crippen LogP contribution is 2.38. The molecule has 3 N–H and O–H groups in total. The molecule has 0 radical (unpaired) electrons. The number of sulfonamides is 1. The van der Waals surface area contributed by atoms with Gasteiger partial charge in [-0.1, -0.05) is 6.07 Å². The Kier molecular flexibility index (Phi) is 2.64. The summed E-state index contributed by atoms with van der Waals surface area (Å²) in [4.78, 5) is 3.84. The van der Waals surface area contributed by atoms with Crippen LogP contribution in [0.2, 0.25) is 0 Å². The lowest BCUT2D eigenvalue weighted by Crippen LogP contribution is -2.16. The Bertz CT molecular complexity index is 725. The molecule has 0 unspecified atom stereocenters. The number of ether oxygens (including phenoxy) is 2. The highest BCUT2D eigenvalue weighted by atomic mass is 32.2. The normalized spacial score (nSPS) is 14.4. The molecule has 9 heteroatoms. The average Bonchev–Trinajstić information content (AvgIpc) is 2.87. The van der Waals surface area contributed by atoms with Gasteiger partial charge in [-0.25, -0.2) is 18.7 Å². The molecule has 0 aliphatic carbocycles. The number of fused-ring (bicyclic) bond motifs is 1. The molecule has 0 spiro atoms. The van der Waals surface area contributed by atoms with E-state index in [-0.39, 0.29) is 5.82 Å². The Hall–Kier alpha value is -2.13. The zero-order chi connectivity index (χ0) is 13.5. The highest BCUT2D eigenvalue weighted by Gasteiger charge is 2.21. The van der Waals surface area contributed by atoms with Gasteiger partial charge in [0, 0.05) is 0 Å². The van der Waals surface area contributed by atoms with Gasteiger partial charge in [-0.2, -0.15) is 10.1 Å². The first-order valence-corrected chi connectivity index (χ1v) is 6.94. The first-order chi connectivity index (χ1) is 9.05. The predicted molar refractivity (Wildman–Crippen MR) is 64.2 cm³/mol. The first kappa shape index (κ1) is 11.9. The molecule has 1 aliphatic rings. The van der Waals surface area contributed by atoms with Gasteiger partial charge in [-0.05, 0) is 12.1 Å². The average molecular weight is 282 g/mol. The van der Waals surface area contributed by atoms with Gasteiger partial charge in [0.15, 0.2) is 17.3 Å². The van der Waals surface area contributed by atoms with Crippen molar-refractivity contribution >= 4 is 10.0 Å². The largest absolute Gasteiger partial charge is 0.486 e. The molecule has 0 amide bonds. The second kappa shape index (κ2) is 4.21. The van der Waals surface area contributed by atoms with Crippen molar-refractivity contribution in [3.05, 3.63) is 18.2 Å². The third kappa shape index (κ3) is 2.13. The van der Waals surface area contributed by atoms with Crippen LogP contribution in [0.15, 0.2) is 23.4 Å². The summed E-state index contributed by atoms with van der Waals surface area (Å²) in [5.74, 6) is 1.26. The minimum absolute atomic E-state index is 0.186. The summed E-state index contributed by atoms with van der Waals surface area (Å²) in [6, 6.07) is 5.21. The number of benzene rings is 1. The van der Waals surface area contributed by atoms with Gasteiger partial charge < -0.3 is 9.47 Å². The van der Waals surface area contributed by atoms with Crippen molar-refractivity contribution in [1.29, 1.82) is 0 Å². The number of aromatic amines is 1. The Morgan fingerprint density at radius 2 is 2.05 bits per heavy atom. The summed E-state index contributed by atoms with van der Waals surface area (Å²) < 4.78 is 33.2. The van der Waals surface area contributed by atoms with Crippen LogP contribution in [0, 0.1) is 0 Å². The first-order valence-electron chi connectivity index (χ1n) is 5.40. The molecule has 3 rings (SSSR count). The Morgan fingerprint density at radius 3 is 2.79 bits per heavy atom. The maximum atomic E-state index is 11.2. The molecule has 0 saturated carbocycles. The van der Waals surface area contributed by atoms with E-state index in [1.807, 2.05) is 0 Å². The third-order valence-electron chi connectivity index (χ3n) is 2.54. The van der Waals surface area contributed by atoms with Gasteiger partial charge in [-0.3, -0.25) is 0 Å². The van der Waals surface area contributed by atoms with Crippen molar-refractivity contribution in [1.82, 2.24) is 15.2 Å². The number of nitrogens with one attached hydrogen (secondary N) is 1. The van der Waals surface area contributed by atoms with Crippen molar-refractivity contribution in [3.8, 4) is 22.9 Å². The van der Waals surface area contributed by atoms with Crippen LogP contribution in [-0.4, -0.2) is 36.8 Å². The number of nitrogens with two attached hydrogens (primary N) is 1. The van der Waals surface area contributed by atoms with Crippen molar-refractivity contribution in [2.75, 3.05) is 13.2 Å². The number of primary sulfonamides is 1. The van der Waals surface area contributed by atoms with Gasteiger partial charge in [0.05, 0.1) is 5.56 Å². The zero-order valence-corrected chi connectivity index (χ0v) is 10.5. The van der Waals surface area contributed by atoms with Crippen molar-refractivity contribution in [2.45, 2.75) is 5.16 Å². The molecule has 1 aliphatic heterocycles. The maximum Gasteiger partial charge on any atom is 0.273 e. The van der Waals surface area contributed by atoms with E-state index < -0.39 is 15.2 Å². The zero-order valence-electron chi connectivity index (χ0n) is 9.66. The summed E-state index contributed by atoms with van der Waals surface area (Å²) in [7, 11) is -3.91. The fraction of sp³-hybridized carbons (Fsp3) is 0.200. The molecule has 0 fully saturated rings. The number of aromatic nitrogens is 3. The standard InChI is InChI=1S/C10H10N4O4S/c11-19(15,16)10-12-9(13-14-10)6-2-1-3-7-8(6)18-5-4-17-7/h1-3H,4-5H2,(H2,11,15,16)(H,12,13,14). The van der Waals surface area contributed by atoms with Crippen molar-refractivity contribution < 1.29 is 17.9 Å².